The topological polar surface area (TPSA) is 46.2 Å². The molecule has 0 aliphatic heterocycles. The maximum atomic E-state index is 7.00. The molecule has 2 aromatic carbocycles. The third-order valence-corrected chi connectivity index (χ3v) is 5.87. The van der Waals surface area contributed by atoms with Gasteiger partial charge in [0, 0.05) is 19.9 Å². The van der Waals surface area contributed by atoms with Gasteiger partial charge in [-0.05, 0) is 125 Å². The van der Waals surface area contributed by atoms with Crippen LogP contribution in [0.15, 0.2) is 24.3 Å². The fourth-order valence-corrected chi connectivity index (χ4v) is 3.27. The van der Waals surface area contributed by atoms with Gasteiger partial charge < -0.3 is 10.8 Å². The van der Waals surface area contributed by atoms with Gasteiger partial charge >= 0.3 is 0 Å². The number of rotatable bonds is 1. The van der Waals surface area contributed by atoms with Gasteiger partial charge in [0.15, 0.2) is 0 Å². The normalized spacial score (nSPS) is 9.43. The standard InChI is InChI=1S/C10H13I.C8H10IN.CH4O/c1-4-9-5-8(3)10(11)6-7(9)2;1-5-4-8(10)6(2)3-7(5)9;1-2/h5-6H,4H2,1-3H3;3-4H,10H2,1-2H3;2H,1H3. The summed E-state index contributed by atoms with van der Waals surface area (Å²) >= 11 is 4.69. The number of hydrogen-bond donors (Lipinski definition) is 2. The van der Waals surface area contributed by atoms with Crippen molar-refractivity contribution in [1.82, 2.24) is 0 Å². The highest BCUT2D eigenvalue weighted by Gasteiger charge is 1.99. The predicted octanol–water partition coefficient (Wildman–Crippen LogP) is 5.57. The highest BCUT2D eigenvalue weighted by atomic mass is 127. The average Bonchev–Trinajstić information content (AvgIpc) is 2.52. The third kappa shape index (κ3) is 7.39. The van der Waals surface area contributed by atoms with Crippen LogP contribution in [0.25, 0.3) is 0 Å². The van der Waals surface area contributed by atoms with Crippen molar-refractivity contribution in [3.8, 4) is 0 Å². The Balaban J connectivity index is 0.000000381. The highest BCUT2D eigenvalue weighted by Crippen LogP contribution is 2.19. The number of hydrogen-bond acceptors (Lipinski definition) is 2. The van der Waals surface area contributed by atoms with Crippen LogP contribution >= 0.6 is 45.2 Å². The Morgan fingerprint density at radius 3 is 1.65 bits per heavy atom. The van der Waals surface area contributed by atoms with Crippen LogP contribution < -0.4 is 5.73 Å². The minimum Gasteiger partial charge on any atom is -0.400 e. The molecule has 0 saturated heterocycles. The summed E-state index contributed by atoms with van der Waals surface area (Å²) in [5.74, 6) is 0. The lowest BCUT2D eigenvalue weighted by molar-refractivity contribution is 0.399. The summed E-state index contributed by atoms with van der Waals surface area (Å²) in [4.78, 5) is 0. The summed E-state index contributed by atoms with van der Waals surface area (Å²) in [6.07, 6.45) is 1.14. The van der Waals surface area contributed by atoms with Crippen molar-refractivity contribution < 1.29 is 5.11 Å². The molecule has 0 saturated carbocycles. The molecule has 0 aliphatic rings. The molecule has 0 atom stereocenters. The summed E-state index contributed by atoms with van der Waals surface area (Å²) in [7, 11) is 1.00. The molecule has 0 heterocycles. The summed E-state index contributed by atoms with van der Waals surface area (Å²) in [5.41, 5.74) is 13.3. The quantitative estimate of drug-likeness (QED) is 0.368. The predicted molar refractivity (Wildman–Crippen MR) is 119 cm³/mol. The Hall–Kier alpha value is -0.340. The number of halogens is 2. The molecule has 0 bridgehead atoms. The van der Waals surface area contributed by atoms with E-state index in [0.717, 1.165) is 24.8 Å². The van der Waals surface area contributed by atoms with E-state index in [1.165, 1.54) is 29.4 Å². The van der Waals surface area contributed by atoms with Crippen LogP contribution in [0.4, 0.5) is 5.69 Å². The SMILES string of the molecule is CCc1cc(C)c(I)cc1C.CO.Cc1cc(I)c(C)cc1N. The second-order valence-corrected chi connectivity index (χ2v) is 7.66. The molecule has 0 aromatic heterocycles. The van der Waals surface area contributed by atoms with E-state index in [-0.39, 0.29) is 0 Å². The number of nitrogen functional groups attached to an aromatic ring is 1. The van der Waals surface area contributed by atoms with Crippen molar-refractivity contribution in [1.29, 1.82) is 0 Å². The molecule has 0 radical (unpaired) electrons. The maximum absolute atomic E-state index is 7.00. The monoisotopic (exact) mass is 539 g/mol. The molecule has 0 aliphatic carbocycles. The zero-order chi connectivity index (χ0) is 18.2. The molecule has 2 rings (SSSR count). The zero-order valence-corrected chi connectivity index (χ0v) is 19.1. The third-order valence-electron chi connectivity index (χ3n) is 3.55. The van der Waals surface area contributed by atoms with E-state index in [0.29, 0.717) is 0 Å². The summed E-state index contributed by atoms with van der Waals surface area (Å²) in [6.45, 7) is 10.6. The van der Waals surface area contributed by atoms with Crippen molar-refractivity contribution in [3.63, 3.8) is 0 Å². The molecular formula is C19H27I2NO. The summed E-state index contributed by atoms with van der Waals surface area (Å²) in [5, 5.41) is 7.00. The van der Waals surface area contributed by atoms with Gasteiger partial charge in [0.1, 0.15) is 0 Å². The molecule has 0 unspecified atom stereocenters. The van der Waals surface area contributed by atoms with E-state index in [4.69, 9.17) is 10.8 Å². The minimum absolute atomic E-state index is 0.887. The van der Waals surface area contributed by atoms with Gasteiger partial charge in [-0.3, -0.25) is 0 Å². The molecule has 2 aromatic rings. The number of anilines is 1. The second kappa shape index (κ2) is 11.3. The zero-order valence-electron chi connectivity index (χ0n) is 14.8. The first-order valence-electron chi connectivity index (χ1n) is 7.48. The summed E-state index contributed by atoms with van der Waals surface area (Å²) in [6, 6.07) is 8.66. The summed E-state index contributed by atoms with van der Waals surface area (Å²) < 4.78 is 2.65. The van der Waals surface area contributed by atoms with Crippen molar-refractivity contribution >= 4 is 50.9 Å². The lowest BCUT2D eigenvalue weighted by Crippen LogP contribution is -1.91. The van der Waals surface area contributed by atoms with Gasteiger partial charge in [-0.25, -0.2) is 0 Å². The maximum Gasteiger partial charge on any atom is 0.0347 e. The molecule has 0 amide bonds. The molecule has 4 heteroatoms. The Kier molecular flexibility index (Phi) is 11.1. The van der Waals surface area contributed by atoms with Crippen molar-refractivity contribution in [2.75, 3.05) is 12.8 Å². The molecule has 0 spiro atoms. The Labute approximate surface area is 168 Å². The molecule has 3 N–H and O–H groups in total. The van der Waals surface area contributed by atoms with E-state index in [1.54, 1.807) is 0 Å². The first-order chi connectivity index (χ1) is 10.8. The van der Waals surface area contributed by atoms with Crippen molar-refractivity contribution in [2.45, 2.75) is 41.0 Å². The number of aryl methyl sites for hydroxylation is 5. The Bertz CT molecular complexity index is 590. The van der Waals surface area contributed by atoms with Crippen molar-refractivity contribution in [2.24, 2.45) is 0 Å². The number of benzene rings is 2. The van der Waals surface area contributed by atoms with Crippen LogP contribution in [-0.4, -0.2) is 12.2 Å². The molecule has 23 heavy (non-hydrogen) atoms. The van der Waals surface area contributed by atoms with Crippen LogP contribution in [0, 0.1) is 34.8 Å². The van der Waals surface area contributed by atoms with E-state index < -0.39 is 0 Å². The second-order valence-electron chi connectivity index (χ2n) is 5.34. The lowest BCUT2D eigenvalue weighted by Gasteiger charge is -2.05. The Morgan fingerprint density at radius 2 is 1.22 bits per heavy atom. The van der Waals surface area contributed by atoms with Gasteiger partial charge in [0.05, 0.1) is 0 Å². The smallest absolute Gasteiger partial charge is 0.0347 e. The van der Waals surface area contributed by atoms with Crippen LogP contribution in [0.3, 0.4) is 0 Å². The van der Waals surface area contributed by atoms with E-state index in [9.17, 15) is 0 Å². The fraction of sp³-hybridized carbons (Fsp3) is 0.368. The largest absolute Gasteiger partial charge is 0.400 e. The van der Waals surface area contributed by atoms with Gasteiger partial charge in [-0.15, -0.1) is 0 Å². The molecule has 0 fully saturated rings. The van der Waals surface area contributed by atoms with Crippen LogP contribution in [0.1, 0.15) is 34.7 Å². The van der Waals surface area contributed by atoms with Crippen LogP contribution in [0.2, 0.25) is 0 Å². The van der Waals surface area contributed by atoms with E-state index in [1.807, 2.05) is 13.0 Å². The van der Waals surface area contributed by atoms with Gasteiger partial charge in [0.2, 0.25) is 0 Å². The fourth-order valence-electron chi connectivity index (χ4n) is 2.02. The van der Waals surface area contributed by atoms with Crippen molar-refractivity contribution in [3.05, 3.63) is 59.2 Å². The van der Waals surface area contributed by atoms with Gasteiger partial charge in [0.25, 0.3) is 0 Å². The number of nitrogens with two attached hydrogens (primary N) is 1. The Morgan fingerprint density at radius 1 is 0.783 bits per heavy atom. The van der Waals surface area contributed by atoms with Crippen LogP contribution in [-0.2, 0) is 6.42 Å². The number of aliphatic hydroxyl groups is 1. The molecule has 2 nitrogen and oxygen atoms in total. The van der Waals surface area contributed by atoms with E-state index >= 15 is 0 Å². The molecule has 128 valence electrons. The highest BCUT2D eigenvalue weighted by molar-refractivity contribution is 14.1. The first kappa shape index (κ1) is 22.7. The first-order valence-corrected chi connectivity index (χ1v) is 9.64. The van der Waals surface area contributed by atoms with Gasteiger partial charge in [-0.1, -0.05) is 13.0 Å². The van der Waals surface area contributed by atoms with E-state index in [2.05, 4.69) is 91.1 Å². The lowest BCUT2D eigenvalue weighted by atomic mass is 10.0. The average molecular weight is 539 g/mol. The van der Waals surface area contributed by atoms with Gasteiger partial charge in [-0.2, -0.15) is 0 Å². The minimum atomic E-state index is 0.887. The van der Waals surface area contributed by atoms with Crippen LogP contribution in [0.5, 0.6) is 0 Å². The number of aliphatic hydroxyl groups excluding tert-OH is 1. The molecular weight excluding hydrogens is 512 g/mol.